The fourth-order valence-corrected chi connectivity index (χ4v) is 2.48. The summed E-state index contributed by atoms with van der Waals surface area (Å²) in [7, 11) is 1.64. The fraction of sp³-hybridized carbons (Fsp3) is 0.267. The number of methoxy groups -OCH3 is 1. The van der Waals surface area contributed by atoms with Gasteiger partial charge in [0.15, 0.2) is 0 Å². The third-order valence-corrected chi connectivity index (χ3v) is 3.44. The third-order valence-electron chi connectivity index (χ3n) is 3.44. The molecule has 4 heteroatoms. The van der Waals surface area contributed by atoms with E-state index in [1.165, 1.54) is 11.3 Å². The van der Waals surface area contributed by atoms with Crippen LogP contribution < -0.4 is 15.4 Å². The summed E-state index contributed by atoms with van der Waals surface area (Å²) in [5, 5.41) is 0. The Labute approximate surface area is 112 Å². The number of pyridine rings is 1. The number of nitrogens with two attached hydrogens (primary N) is 1. The highest BCUT2D eigenvalue weighted by Crippen LogP contribution is 2.30. The molecule has 0 radical (unpaired) electrons. The number of rotatable bonds is 3. The average molecular weight is 255 g/mol. The normalized spacial score (nSPS) is 13.4. The van der Waals surface area contributed by atoms with Gasteiger partial charge in [0.05, 0.1) is 19.3 Å². The first kappa shape index (κ1) is 11.8. The number of hydrogen-bond acceptors (Lipinski definition) is 4. The average Bonchev–Trinajstić information content (AvgIpc) is 2.81. The predicted octanol–water partition coefficient (Wildman–Crippen LogP) is 2.24. The second kappa shape index (κ2) is 4.80. The maximum Gasteiger partial charge on any atom is 0.213 e. The van der Waals surface area contributed by atoms with E-state index in [0.717, 1.165) is 30.9 Å². The van der Waals surface area contributed by atoms with Crippen LogP contribution in [0.15, 0.2) is 36.4 Å². The van der Waals surface area contributed by atoms with Gasteiger partial charge in [-0.3, -0.25) is 0 Å². The molecule has 98 valence electrons. The minimum absolute atomic E-state index is 0.657. The van der Waals surface area contributed by atoms with E-state index in [9.17, 15) is 0 Å². The summed E-state index contributed by atoms with van der Waals surface area (Å²) in [6, 6.07) is 12.0. The van der Waals surface area contributed by atoms with Crippen LogP contribution in [0, 0.1) is 0 Å². The van der Waals surface area contributed by atoms with Crippen LogP contribution in [-0.4, -0.2) is 18.6 Å². The summed E-state index contributed by atoms with van der Waals surface area (Å²) in [6.07, 6.45) is 1.07. The lowest BCUT2D eigenvalue weighted by Crippen LogP contribution is -2.20. The summed E-state index contributed by atoms with van der Waals surface area (Å²) in [4.78, 5) is 6.77. The highest BCUT2D eigenvalue weighted by Gasteiger charge is 2.19. The minimum Gasteiger partial charge on any atom is -0.481 e. The Morgan fingerprint density at radius 3 is 3.05 bits per heavy atom. The van der Waals surface area contributed by atoms with Gasteiger partial charge in [-0.25, -0.2) is 4.98 Å². The highest BCUT2D eigenvalue weighted by atomic mass is 16.5. The maximum atomic E-state index is 5.87. The van der Waals surface area contributed by atoms with Crippen molar-refractivity contribution in [2.24, 2.45) is 0 Å². The van der Waals surface area contributed by atoms with E-state index in [1.807, 2.05) is 30.3 Å². The Balaban J connectivity index is 1.84. The largest absolute Gasteiger partial charge is 0.481 e. The molecule has 0 fully saturated rings. The summed E-state index contributed by atoms with van der Waals surface area (Å²) >= 11 is 0. The van der Waals surface area contributed by atoms with E-state index < -0.39 is 0 Å². The lowest BCUT2D eigenvalue weighted by molar-refractivity contribution is 0.396. The van der Waals surface area contributed by atoms with Crippen molar-refractivity contribution in [2.75, 3.05) is 24.3 Å². The molecule has 0 aliphatic carbocycles. The van der Waals surface area contributed by atoms with Gasteiger partial charge in [0, 0.05) is 24.0 Å². The zero-order valence-corrected chi connectivity index (χ0v) is 11.0. The van der Waals surface area contributed by atoms with Crippen LogP contribution in [0.4, 0.5) is 11.4 Å². The first-order valence-corrected chi connectivity index (χ1v) is 6.39. The van der Waals surface area contributed by atoms with Crippen LogP contribution >= 0.6 is 0 Å². The van der Waals surface area contributed by atoms with E-state index in [4.69, 9.17) is 10.5 Å². The highest BCUT2D eigenvalue weighted by molar-refractivity contribution is 5.64. The van der Waals surface area contributed by atoms with E-state index in [0.29, 0.717) is 5.88 Å². The molecule has 2 aromatic rings. The van der Waals surface area contributed by atoms with Crippen molar-refractivity contribution >= 4 is 11.4 Å². The molecule has 3 rings (SSSR count). The molecule has 0 atom stereocenters. The maximum absolute atomic E-state index is 5.87. The standard InChI is InChI=1S/C15H17N3O/c1-19-15-4-2-3-13(17-15)10-18-8-7-11-5-6-12(16)9-14(11)18/h2-6,9H,7-8,10,16H2,1H3. The molecule has 1 aromatic carbocycles. The van der Waals surface area contributed by atoms with Gasteiger partial charge in [-0.05, 0) is 30.2 Å². The summed E-state index contributed by atoms with van der Waals surface area (Å²) in [5.41, 5.74) is 10.3. The van der Waals surface area contributed by atoms with Crippen LogP contribution in [0.1, 0.15) is 11.3 Å². The van der Waals surface area contributed by atoms with Crippen LogP contribution in [0.25, 0.3) is 0 Å². The molecule has 0 amide bonds. The Bertz CT molecular complexity index is 598. The molecule has 0 spiro atoms. The van der Waals surface area contributed by atoms with Crippen LogP contribution in [0.3, 0.4) is 0 Å². The van der Waals surface area contributed by atoms with Crippen molar-refractivity contribution in [3.8, 4) is 5.88 Å². The summed E-state index contributed by atoms with van der Waals surface area (Å²) < 4.78 is 5.16. The van der Waals surface area contributed by atoms with Gasteiger partial charge in [-0.2, -0.15) is 0 Å². The molecule has 1 aliphatic heterocycles. The van der Waals surface area contributed by atoms with E-state index in [-0.39, 0.29) is 0 Å². The molecule has 2 heterocycles. The van der Waals surface area contributed by atoms with Crippen molar-refractivity contribution < 1.29 is 4.74 Å². The monoisotopic (exact) mass is 255 g/mol. The Morgan fingerprint density at radius 1 is 1.32 bits per heavy atom. The number of benzene rings is 1. The van der Waals surface area contributed by atoms with Gasteiger partial charge >= 0.3 is 0 Å². The third kappa shape index (κ3) is 2.34. The smallest absolute Gasteiger partial charge is 0.213 e. The quantitative estimate of drug-likeness (QED) is 0.855. The molecular formula is C15H17N3O. The van der Waals surface area contributed by atoms with Gasteiger partial charge in [0.25, 0.3) is 0 Å². The molecule has 0 bridgehead atoms. The molecule has 2 N–H and O–H groups in total. The second-order valence-electron chi connectivity index (χ2n) is 4.73. The number of hydrogen-bond donors (Lipinski definition) is 1. The molecule has 4 nitrogen and oxygen atoms in total. The molecule has 1 aliphatic rings. The lowest BCUT2D eigenvalue weighted by Gasteiger charge is -2.19. The van der Waals surface area contributed by atoms with Gasteiger partial charge in [0.2, 0.25) is 5.88 Å². The number of anilines is 2. The van der Waals surface area contributed by atoms with Crippen molar-refractivity contribution in [3.63, 3.8) is 0 Å². The zero-order valence-electron chi connectivity index (χ0n) is 11.0. The van der Waals surface area contributed by atoms with Gasteiger partial charge in [0.1, 0.15) is 0 Å². The Kier molecular flexibility index (Phi) is 2.99. The summed E-state index contributed by atoms with van der Waals surface area (Å²) in [6.45, 7) is 1.80. The van der Waals surface area contributed by atoms with E-state index in [2.05, 4.69) is 16.0 Å². The molecule has 1 aromatic heterocycles. The molecule has 0 unspecified atom stereocenters. The number of aromatic nitrogens is 1. The number of ether oxygens (including phenoxy) is 1. The van der Waals surface area contributed by atoms with Crippen LogP contribution in [0.5, 0.6) is 5.88 Å². The lowest BCUT2D eigenvalue weighted by atomic mass is 10.1. The van der Waals surface area contributed by atoms with Crippen LogP contribution in [0.2, 0.25) is 0 Å². The molecular weight excluding hydrogens is 238 g/mol. The van der Waals surface area contributed by atoms with Crippen molar-refractivity contribution in [1.29, 1.82) is 0 Å². The SMILES string of the molecule is COc1cccc(CN2CCc3ccc(N)cc32)n1. The number of fused-ring (bicyclic) bond motifs is 1. The van der Waals surface area contributed by atoms with Crippen molar-refractivity contribution in [3.05, 3.63) is 47.7 Å². The van der Waals surface area contributed by atoms with Gasteiger partial charge < -0.3 is 15.4 Å². The molecule has 0 saturated carbocycles. The topological polar surface area (TPSA) is 51.4 Å². The second-order valence-corrected chi connectivity index (χ2v) is 4.73. The molecule has 0 saturated heterocycles. The van der Waals surface area contributed by atoms with Gasteiger partial charge in [-0.1, -0.05) is 12.1 Å². The van der Waals surface area contributed by atoms with E-state index >= 15 is 0 Å². The van der Waals surface area contributed by atoms with Gasteiger partial charge in [-0.15, -0.1) is 0 Å². The van der Waals surface area contributed by atoms with Crippen LogP contribution in [-0.2, 0) is 13.0 Å². The predicted molar refractivity (Wildman–Crippen MR) is 76.4 cm³/mol. The fourth-order valence-electron chi connectivity index (χ4n) is 2.48. The first-order valence-electron chi connectivity index (χ1n) is 6.39. The van der Waals surface area contributed by atoms with Crippen molar-refractivity contribution in [2.45, 2.75) is 13.0 Å². The van der Waals surface area contributed by atoms with Crippen molar-refractivity contribution in [1.82, 2.24) is 4.98 Å². The Hall–Kier alpha value is -2.23. The zero-order chi connectivity index (χ0) is 13.2. The summed E-state index contributed by atoms with van der Waals surface area (Å²) in [5.74, 6) is 0.657. The van der Waals surface area contributed by atoms with E-state index in [1.54, 1.807) is 7.11 Å². The molecule has 19 heavy (non-hydrogen) atoms. The number of nitrogens with zero attached hydrogens (tertiary/aromatic N) is 2. The first-order chi connectivity index (χ1) is 9.26. The minimum atomic E-state index is 0.657. The Morgan fingerprint density at radius 2 is 2.21 bits per heavy atom. The number of nitrogen functional groups attached to an aromatic ring is 1.